The van der Waals surface area contributed by atoms with E-state index in [9.17, 15) is 9.18 Å². The van der Waals surface area contributed by atoms with E-state index in [4.69, 9.17) is 5.73 Å². The molecular weight excluding hydrogens is 287 g/mol. The predicted octanol–water partition coefficient (Wildman–Crippen LogP) is 3.01. The summed E-state index contributed by atoms with van der Waals surface area (Å²) in [6.07, 6.45) is 0.766. The van der Waals surface area contributed by atoms with Crippen LogP contribution in [-0.4, -0.2) is 12.5 Å². The van der Waals surface area contributed by atoms with E-state index in [0.717, 1.165) is 12.0 Å². The first kappa shape index (κ1) is 15.2. The van der Waals surface area contributed by atoms with Gasteiger partial charge in [0.25, 0.3) is 5.91 Å². The van der Waals surface area contributed by atoms with E-state index < -0.39 is 5.82 Å². The number of benzene rings is 1. The van der Waals surface area contributed by atoms with Crippen molar-refractivity contribution in [2.75, 3.05) is 11.9 Å². The molecule has 21 heavy (non-hydrogen) atoms. The summed E-state index contributed by atoms with van der Waals surface area (Å²) in [4.78, 5) is 12.8. The summed E-state index contributed by atoms with van der Waals surface area (Å²) in [5.41, 5.74) is 6.91. The number of nitrogens with two attached hydrogens (primary N) is 1. The third kappa shape index (κ3) is 3.69. The molecule has 5 heteroatoms. The van der Waals surface area contributed by atoms with Crippen molar-refractivity contribution in [2.45, 2.75) is 13.3 Å². The fraction of sp³-hybridized carbons (Fsp3) is 0.188. The zero-order valence-electron chi connectivity index (χ0n) is 11.6. The van der Waals surface area contributed by atoms with Crippen molar-refractivity contribution in [3.8, 4) is 11.8 Å². The third-order valence-electron chi connectivity index (χ3n) is 2.89. The van der Waals surface area contributed by atoms with Crippen LogP contribution in [0.25, 0.3) is 0 Å². The van der Waals surface area contributed by atoms with E-state index in [1.165, 1.54) is 23.5 Å². The number of thiophene rings is 1. The fourth-order valence-electron chi connectivity index (χ4n) is 1.84. The molecule has 0 radical (unpaired) electrons. The van der Waals surface area contributed by atoms with Gasteiger partial charge in [-0.1, -0.05) is 18.8 Å². The van der Waals surface area contributed by atoms with Gasteiger partial charge in [0, 0.05) is 5.56 Å². The molecule has 0 aliphatic rings. The number of anilines is 1. The van der Waals surface area contributed by atoms with Crippen LogP contribution in [0, 0.1) is 17.7 Å². The molecule has 2 rings (SSSR count). The molecule has 1 amide bonds. The lowest BCUT2D eigenvalue weighted by molar-refractivity contribution is 0.102. The van der Waals surface area contributed by atoms with Crippen LogP contribution in [0.15, 0.2) is 29.6 Å². The van der Waals surface area contributed by atoms with Gasteiger partial charge < -0.3 is 11.1 Å². The van der Waals surface area contributed by atoms with Crippen molar-refractivity contribution in [3.05, 3.63) is 51.5 Å². The number of hydrogen-bond acceptors (Lipinski definition) is 3. The van der Waals surface area contributed by atoms with Crippen LogP contribution in [0.3, 0.4) is 0 Å². The zero-order valence-corrected chi connectivity index (χ0v) is 12.4. The Labute approximate surface area is 127 Å². The van der Waals surface area contributed by atoms with E-state index >= 15 is 0 Å². The lowest BCUT2D eigenvalue weighted by Crippen LogP contribution is -2.13. The molecule has 0 saturated carbocycles. The maximum Gasteiger partial charge on any atom is 0.266 e. The van der Waals surface area contributed by atoms with Crippen molar-refractivity contribution in [3.63, 3.8) is 0 Å². The van der Waals surface area contributed by atoms with Gasteiger partial charge in [-0.05, 0) is 41.6 Å². The summed E-state index contributed by atoms with van der Waals surface area (Å²) in [6.45, 7) is 2.20. The first-order valence-corrected chi connectivity index (χ1v) is 7.40. The molecule has 0 unspecified atom stereocenters. The lowest BCUT2D eigenvalue weighted by atomic mass is 10.1. The average molecular weight is 302 g/mol. The molecule has 1 aromatic carbocycles. The molecule has 0 saturated heterocycles. The van der Waals surface area contributed by atoms with E-state index in [0.29, 0.717) is 10.4 Å². The monoisotopic (exact) mass is 302 g/mol. The molecule has 0 aliphatic carbocycles. The average Bonchev–Trinajstić information content (AvgIpc) is 2.96. The van der Waals surface area contributed by atoms with Crippen LogP contribution in [0.4, 0.5) is 10.1 Å². The van der Waals surface area contributed by atoms with E-state index in [1.807, 2.05) is 18.4 Å². The van der Waals surface area contributed by atoms with Crippen LogP contribution in [0.1, 0.15) is 27.7 Å². The largest absolute Gasteiger partial charge is 0.320 e. The normalized spacial score (nSPS) is 9.86. The summed E-state index contributed by atoms with van der Waals surface area (Å²) >= 11 is 1.35. The number of carbonyl (C=O) groups is 1. The molecular formula is C16H15FN2OS. The Morgan fingerprint density at radius 1 is 1.43 bits per heavy atom. The van der Waals surface area contributed by atoms with Crippen LogP contribution in [-0.2, 0) is 6.42 Å². The van der Waals surface area contributed by atoms with Crippen LogP contribution < -0.4 is 11.1 Å². The van der Waals surface area contributed by atoms with Crippen molar-refractivity contribution in [2.24, 2.45) is 5.73 Å². The Hall–Kier alpha value is -2.16. The number of hydrogen-bond donors (Lipinski definition) is 2. The highest BCUT2D eigenvalue weighted by molar-refractivity contribution is 7.12. The summed E-state index contributed by atoms with van der Waals surface area (Å²) in [5, 5.41) is 4.45. The number of aryl methyl sites for hydroxylation is 1. The summed E-state index contributed by atoms with van der Waals surface area (Å²) in [5.74, 6) is 4.60. The molecule has 0 aliphatic heterocycles. The van der Waals surface area contributed by atoms with Gasteiger partial charge in [0.05, 0.1) is 17.1 Å². The fourth-order valence-corrected chi connectivity index (χ4v) is 2.73. The molecule has 3 nitrogen and oxygen atoms in total. The molecule has 108 valence electrons. The van der Waals surface area contributed by atoms with Crippen molar-refractivity contribution in [1.29, 1.82) is 0 Å². The number of halogens is 1. The maximum atomic E-state index is 14.0. The van der Waals surface area contributed by atoms with Gasteiger partial charge in [0.1, 0.15) is 5.82 Å². The number of carbonyl (C=O) groups excluding carboxylic acids is 1. The number of amides is 1. The van der Waals surface area contributed by atoms with Gasteiger partial charge >= 0.3 is 0 Å². The molecule has 1 aromatic heterocycles. The smallest absolute Gasteiger partial charge is 0.266 e. The summed E-state index contributed by atoms with van der Waals surface area (Å²) in [6, 6.07) is 6.35. The quantitative estimate of drug-likeness (QED) is 0.856. The first-order chi connectivity index (χ1) is 10.2. The maximum absolute atomic E-state index is 14.0. The van der Waals surface area contributed by atoms with Crippen molar-refractivity contribution in [1.82, 2.24) is 0 Å². The van der Waals surface area contributed by atoms with E-state index in [2.05, 4.69) is 17.2 Å². The van der Waals surface area contributed by atoms with E-state index in [-0.39, 0.29) is 18.1 Å². The first-order valence-electron chi connectivity index (χ1n) is 6.52. The predicted molar refractivity (Wildman–Crippen MR) is 84.0 cm³/mol. The molecule has 0 atom stereocenters. The van der Waals surface area contributed by atoms with Crippen LogP contribution in [0.5, 0.6) is 0 Å². The topological polar surface area (TPSA) is 55.1 Å². The minimum Gasteiger partial charge on any atom is -0.320 e. The number of nitrogens with one attached hydrogen (secondary N) is 1. The number of rotatable bonds is 3. The van der Waals surface area contributed by atoms with Gasteiger partial charge in [-0.25, -0.2) is 4.39 Å². The molecule has 1 heterocycles. The Balaban J connectivity index is 2.18. The second-order valence-corrected chi connectivity index (χ2v) is 5.20. The minimum absolute atomic E-state index is 0.147. The van der Waals surface area contributed by atoms with Gasteiger partial charge in [-0.3, -0.25) is 4.79 Å². The molecule has 2 aromatic rings. The van der Waals surface area contributed by atoms with Crippen LogP contribution in [0.2, 0.25) is 0 Å². The van der Waals surface area contributed by atoms with Gasteiger partial charge in [-0.2, -0.15) is 0 Å². The second-order valence-electron chi connectivity index (χ2n) is 4.28. The summed E-state index contributed by atoms with van der Waals surface area (Å²) < 4.78 is 14.0. The molecule has 3 N–H and O–H groups in total. The van der Waals surface area contributed by atoms with Crippen molar-refractivity contribution < 1.29 is 9.18 Å². The Morgan fingerprint density at radius 3 is 2.90 bits per heavy atom. The third-order valence-corrected chi connectivity index (χ3v) is 3.84. The molecule has 0 spiro atoms. The second kappa shape index (κ2) is 7.02. The minimum atomic E-state index is -0.512. The van der Waals surface area contributed by atoms with Gasteiger partial charge in [-0.15, -0.1) is 11.3 Å². The highest BCUT2D eigenvalue weighted by Crippen LogP contribution is 2.21. The highest BCUT2D eigenvalue weighted by atomic mass is 32.1. The van der Waals surface area contributed by atoms with Gasteiger partial charge in [0.15, 0.2) is 0 Å². The van der Waals surface area contributed by atoms with Crippen molar-refractivity contribution >= 4 is 22.9 Å². The zero-order chi connectivity index (χ0) is 15.2. The lowest BCUT2D eigenvalue weighted by Gasteiger charge is -2.07. The summed E-state index contributed by atoms with van der Waals surface area (Å²) in [7, 11) is 0. The molecule has 0 bridgehead atoms. The Bertz CT molecular complexity index is 713. The SMILES string of the molecule is CCc1ccsc1C(=O)Nc1ccc(C#CCN)cc1F. The van der Waals surface area contributed by atoms with Gasteiger partial charge in [0.2, 0.25) is 0 Å². The Kier molecular flexibility index (Phi) is 5.09. The van der Waals surface area contributed by atoms with E-state index in [1.54, 1.807) is 6.07 Å². The van der Waals surface area contributed by atoms with Crippen LogP contribution >= 0.6 is 11.3 Å². The highest BCUT2D eigenvalue weighted by Gasteiger charge is 2.14. The Morgan fingerprint density at radius 2 is 2.24 bits per heavy atom. The standard InChI is InChI=1S/C16H15FN2OS/c1-2-12-7-9-21-15(12)16(20)19-14-6-5-11(4-3-8-18)10-13(14)17/h5-7,9-10H,2,8,18H2,1H3,(H,19,20). The molecule has 0 fully saturated rings.